The molecular weight excluding hydrogens is 664 g/mol. The van der Waals surface area contributed by atoms with Crippen LogP contribution in [-0.2, 0) is 15.6 Å². The number of hydrogen-bond acceptors (Lipinski definition) is 5. The minimum atomic E-state index is -4.63. The number of benzene rings is 1. The van der Waals surface area contributed by atoms with Gasteiger partial charge in [0.25, 0.3) is 0 Å². The summed E-state index contributed by atoms with van der Waals surface area (Å²) in [5, 5.41) is 3.16. The van der Waals surface area contributed by atoms with Gasteiger partial charge in [-0.1, -0.05) is 24.6 Å². The van der Waals surface area contributed by atoms with Crippen LogP contribution in [0.5, 0.6) is 0 Å². The van der Waals surface area contributed by atoms with Crippen LogP contribution in [0.1, 0.15) is 57.6 Å². The number of allylic oxidation sites excluding steroid dienone is 2. The fraction of sp³-hybridized carbons (Fsp3) is 0.556. The maximum Gasteiger partial charge on any atom is 0.413 e. The molecule has 1 saturated heterocycles. The number of hydrogen-bond donors (Lipinski definition) is 1. The van der Waals surface area contributed by atoms with Crippen molar-refractivity contribution in [1.82, 2.24) is 8.01 Å². The second kappa shape index (κ2) is 14.3. The normalized spacial score (nSPS) is 23.1. The molecule has 2 heterocycles. The van der Waals surface area contributed by atoms with E-state index in [1.54, 1.807) is 12.1 Å². The van der Waals surface area contributed by atoms with Crippen LogP contribution in [0.2, 0.25) is 0 Å². The van der Waals surface area contributed by atoms with Gasteiger partial charge in [0.15, 0.2) is 6.04 Å². The van der Waals surface area contributed by atoms with Crippen molar-refractivity contribution in [1.29, 1.82) is 0 Å². The first-order valence-corrected chi connectivity index (χ1v) is 15.9. The Labute approximate surface area is 250 Å². The molecule has 1 fully saturated rings. The maximum absolute atomic E-state index is 14.1. The van der Waals surface area contributed by atoms with E-state index in [2.05, 4.69) is 35.8 Å². The molecular formula is C27H35ClF3IN4O2S. The molecule has 0 radical (unpaired) electrons. The third kappa shape index (κ3) is 8.45. The van der Waals surface area contributed by atoms with Gasteiger partial charge in [-0.05, 0) is 69.5 Å². The fourth-order valence-electron chi connectivity index (χ4n) is 4.80. The molecule has 1 amide bonds. The van der Waals surface area contributed by atoms with Crippen molar-refractivity contribution in [3.63, 3.8) is 0 Å². The third-order valence-corrected chi connectivity index (χ3v) is 9.78. The van der Waals surface area contributed by atoms with E-state index in [1.165, 1.54) is 46.3 Å². The number of rotatable bonds is 11. The van der Waals surface area contributed by atoms with Crippen LogP contribution in [0.4, 0.5) is 18.9 Å². The van der Waals surface area contributed by atoms with Gasteiger partial charge in [-0.15, -0.1) is 11.6 Å². The fourth-order valence-corrected chi connectivity index (χ4v) is 7.39. The van der Waals surface area contributed by atoms with Gasteiger partial charge < -0.3 is 10.2 Å². The van der Waals surface area contributed by atoms with E-state index in [0.717, 1.165) is 28.2 Å². The van der Waals surface area contributed by atoms with E-state index in [-0.39, 0.29) is 10.9 Å². The first kappa shape index (κ1) is 31.9. The molecule has 12 heteroatoms. The molecule has 0 spiro atoms. The zero-order valence-electron chi connectivity index (χ0n) is 22.1. The molecule has 2 aliphatic heterocycles. The van der Waals surface area contributed by atoms with Crippen molar-refractivity contribution in [2.24, 2.45) is 10.9 Å². The molecule has 6 nitrogen and oxygen atoms in total. The molecule has 216 valence electrons. The lowest BCUT2D eigenvalue weighted by Crippen LogP contribution is -2.40. The van der Waals surface area contributed by atoms with Crippen LogP contribution >= 0.6 is 34.5 Å². The number of amides is 1. The number of nitrogens with zero attached hydrogens (tertiary/aromatic N) is 3. The van der Waals surface area contributed by atoms with Crippen molar-refractivity contribution in [2.45, 2.75) is 63.5 Å². The lowest BCUT2D eigenvalue weighted by Gasteiger charge is -2.32. The van der Waals surface area contributed by atoms with Gasteiger partial charge in [0.05, 0.1) is 28.2 Å². The summed E-state index contributed by atoms with van der Waals surface area (Å²) in [7, 11) is -0.993. The van der Waals surface area contributed by atoms with Crippen molar-refractivity contribution in [2.75, 3.05) is 29.9 Å². The summed E-state index contributed by atoms with van der Waals surface area (Å²) < 4.78 is 54.6. The van der Waals surface area contributed by atoms with E-state index < -0.39 is 34.8 Å². The first-order chi connectivity index (χ1) is 18.5. The van der Waals surface area contributed by atoms with Crippen molar-refractivity contribution in [3.05, 3.63) is 53.0 Å². The highest BCUT2D eigenvalue weighted by Crippen LogP contribution is 2.41. The van der Waals surface area contributed by atoms with Gasteiger partial charge in [0.1, 0.15) is 5.82 Å². The molecule has 2 atom stereocenters. The zero-order valence-corrected chi connectivity index (χ0v) is 25.9. The average Bonchev–Trinajstić information content (AvgIpc) is 3.28. The van der Waals surface area contributed by atoms with E-state index in [9.17, 15) is 22.2 Å². The van der Waals surface area contributed by atoms with E-state index in [4.69, 9.17) is 11.6 Å². The van der Waals surface area contributed by atoms with Gasteiger partial charge in [-0.3, -0.25) is 12.1 Å². The molecule has 0 aromatic heterocycles. The first-order valence-electron chi connectivity index (χ1n) is 13.0. The lowest BCUT2D eigenvalue weighted by atomic mass is 9.99. The smallest absolute Gasteiger partial charge is 0.385 e. The second-order valence-electron chi connectivity index (χ2n) is 9.76. The number of carbonyl (C=O) groups is 1. The van der Waals surface area contributed by atoms with Crippen LogP contribution in [0, 0.1) is 5.92 Å². The summed E-state index contributed by atoms with van der Waals surface area (Å²) in [6.07, 6.45) is 0.447. The molecule has 1 N–H and O–H groups in total. The molecule has 39 heavy (non-hydrogen) atoms. The van der Waals surface area contributed by atoms with E-state index >= 15 is 0 Å². The molecule has 3 rings (SSSR count). The minimum absolute atomic E-state index is 0.000111. The Morgan fingerprint density at radius 1 is 1.31 bits per heavy atom. The predicted molar refractivity (Wildman–Crippen MR) is 161 cm³/mol. The van der Waals surface area contributed by atoms with Crippen LogP contribution < -0.4 is 5.32 Å². The van der Waals surface area contributed by atoms with Gasteiger partial charge in [-0.2, -0.15) is 13.2 Å². The molecule has 0 bridgehead atoms. The number of nitrogens with one attached hydrogen (secondary N) is 1. The summed E-state index contributed by atoms with van der Waals surface area (Å²) in [5.74, 6) is 0.363. The molecule has 2 aliphatic rings. The maximum atomic E-state index is 14.1. The minimum Gasteiger partial charge on any atom is -0.385 e. The monoisotopic (exact) mass is 698 g/mol. The van der Waals surface area contributed by atoms with Gasteiger partial charge in [-0.25, -0.2) is 4.99 Å². The quantitative estimate of drug-likeness (QED) is 0.0892. The van der Waals surface area contributed by atoms with Crippen LogP contribution in [-0.4, -0.2) is 61.0 Å². The highest BCUT2D eigenvalue weighted by molar-refractivity contribution is 14.1. The second-order valence-corrected chi connectivity index (χ2v) is 13.1. The number of alkyl halides is 4. The average molecular weight is 699 g/mol. The topological polar surface area (TPSA) is 65.0 Å². The van der Waals surface area contributed by atoms with Crippen LogP contribution in [0.3, 0.4) is 0 Å². The summed E-state index contributed by atoms with van der Waals surface area (Å²) in [4.78, 5) is 19.1. The van der Waals surface area contributed by atoms with Crippen molar-refractivity contribution < 1.29 is 22.2 Å². The Balaban J connectivity index is 1.61. The van der Waals surface area contributed by atoms with Crippen molar-refractivity contribution in [3.8, 4) is 0 Å². The van der Waals surface area contributed by atoms with Gasteiger partial charge in [0.2, 0.25) is 5.91 Å². The molecule has 1 aromatic carbocycles. The standard InChI is InChI=1S/C27H35ClF3IN4O2S/c1-4-18(2)23(35-17-21(28)16-24(35)33-3)6-5-13-34-22-9-7-19(8-10-22)25(27(29,30)31)36(32)26(37)20-11-14-39(38)15-12-20/h7-10,16,20-21,25,34H,3-6,11-15,17H2,1-2H3/b23-18+/t20?,21?,25-,39?/m0/s1. The van der Waals surface area contributed by atoms with Gasteiger partial charge in [0, 0.05) is 52.7 Å². The largest absolute Gasteiger partial charge is 0.413 e. The summed E-state index contributed by atoms with van der Waals surface area (Å²) >= 11 is 7.79. The molecule has 0 aliphatic carbocycles. The summed E-state index contributed by atoms with van der Waals surface area (Å²) in [6, 6.07) is 4.01. The van der Waals surface area contributed by atoms with E-state index in [1.807, 2.05) is 6.08 Å². The molecule has 0 saturated carbocycles. The highest BCUT2D eigenvalue weighted by Gasteiger charge is 2.47. The van der Waals surface area contributed by atoms with Gasteiger partial charge >= 0.3 is 6.18 Å². The highest BCUT2D eigenvalue weighted by atomic mass is 127. The van der Waals surface area contributed by atoms with Crippen LogP contribution in [0.25, 0.3) is 0 Å². The Kier molecular flexibility index (Phi) is 11.7. The zero-order chi connectivity index (χ0) is 28.7. The number of carbonyl (C=O) groups excluding carboxylic acids is 1. The molecule has 1 unspecified atom stereocenters. The third-order valence-electron chi connectivity index (χ3n) is 7.10. The summed E-state index contributed by atoms with van der Waals surface area (Å²) in [6.45, 7) is 9.12. The predicted octanol–water partition coefficient (Wildman–Crippen LogP) is 6.97. The lowest BCUT2D eigenvalue weighted by molar-refractivity contribution is -0.177. The Bertz CT molecular complexity index is 1100. The van der Waals surface area contributed by atoms with E-state index in [0.29, 0.717) is 43.1 Å². The van der Waals surface area contributed by atoms with Crippen LogP contribution in [0.15, 0.2) is 52.4 Å². The molecule has 1 aromatic rings. The number of anilines is 1. The Morgan fingerprint density at radius 3 is 2.51 bits per heavy atom. The number of aliphatic imine (C=N–C) groups is 1. The van der Waals surface area contributed by atoms with Crippen molar-refractivity contribution >= 4 is 63.6 Å². The number of halogens is 5. The SMILES string of the molecule is C=NC1=CC(Cl)CN1/C(CCCNc1ccc([C@H](N(I)C(=O)C2CCS(=O)CC2)C(F)(F)F)cc1)=C(\C)CC. The summed E-state index contributed by atoms with van der Waals surface area (Å²) in [5.41, 5.74) is 3.12. The Hall–Kier alpha value is -1.60. The Morgan fingerprint density at radius 2 is 1.95 bits per heavy atom.